The van der Waals surface area contributed by atoms with E-state index in [1.165, 1.54) is 23.6 Å². The second-order valence-electron chi connectivity index (χ2n) is 6.58. The van der Waals surface area contributed by atoms with Gasteiger partial charge in [0.05, 0.1) is 16.1 Å². The molecule has 0 spiro atoms. The van der Waals surface area contributed by atoms with E-state index in [1.807, 2.05) is 24.3 Å². The molecule has 0 saturated carbocycles. The van der Waals surface area contributed by atoms with Crippen molar-refractivity contribution in [3.8, 4) is 0 Å². The number of aryl methyl sites for hydroxylation is 1. The average Bonchev–Trinajstić information content (AvgIpc) is 3.22. The van der Waals surface area contributed by atoms with Gasteiger partial charge < -0.3 is 4.74 Å². The fraction of sp³-hybridized carbons (Fsp3) is 0.0952. The maximum Gasteiger partial charge on any atom is 0.363 e. The van der Waals surface area contributed by atoms with Crippen molar-refractivity contribution < 1.29 is 19.2 Å². The van der Waals surface area contributed by atoms with Crippen LogP contribution in [0.4, 0.5) is 5.69 Å². The zero-order valence-corrected chi connectivity index (χ0v) is 15.6. The first-order valence-electron chi connectivity index (χ1n) is 8.74. The lowest BCUT2D eigenvalue weighted by Crippen LogP contribution is -2.08. The largest absolute Gasteiger partial charge is 0.402 e. The predicted molar refractivity (Wildman–Crippen MR) is 107 cm³/mol. The van der Waals surface area contributed by atoms with Crippen LogP contribution < -0.4 is 0 Å². The molecule has 0 bridgehead atoms. The summed E-state index contributed by atoms with van der Waals surface area (Å²) in [6, 6.07) is 13.6. The quantitative estimate of drug-likeness (QED) is 0.293. The van der Waals surface area contributed by atoms with Gasteiger partial charge in [-0.05, 0) is 31.2 Å². The number of para-hydroxylation sites is 1. The Hall–Kier alpha value is -4.07. The number of benzene rings is 2. The van der Waals surface area contributed by atoms with E-state index in [0.29, 0.717) is 16.8 Å². The molecule has 2 heterocycles. The van der Waals surface area contributed by atoms with E-state index < -0.39 is 10.9 Å². The monoisotopic (exact) mass is 389 g/mol. The summed E-state index contributed by atoms with van der Waals surface area (Å²) in [5.74, 6) is -0.916. The van der Waals surface area contributed by atoms with Gasteiger partial charge in [-0.2, -0.15) is 0 Å². The van der Waals surface area contributed by atoms with Crippen molar-refractivity contribution in [1.82, 2.24) is 4.57 Å². The molecule has 144 valence electrons. The van der Waals surface area contributed by atoms with Crippen molar-refractivity contribution in [3.63, 3.8) is 0 Å². The van der Waals surface area contributed by atoms with E-state index in [4.69, 9.17) is 4.74 Å². The number of hydrogen-bond donors (Lipinski definition) is 0. The van der Waals surface area contributed by atoms with Crippen LogP contribution >= 0.6 is 0 Å². The molecule has 0 amide bonds. The number of rotatable bonds is 3. The van der Waals surface area contributed by atoms with Gasteiger partial charge in [-0.15, -0.1) is 0 Å². The number of esters is 1. The van der Waals surface area contributed by atoms with Crippen LogP contribution in [0.25, 0.3) is 17.0 Å². The normalized spacial score (nSPS) is 14.9. The Morgan fingerprint density at radius 1 is 1.21 bits per heavy atom. The molecule has 0 unspecified atom stereocenters. The van der Waals surface area contributed by atoms with E-state index >= 15 is 0 Å². The Bertz CT molecular complexity index is 1270. The first kappa shape index (κ1) is 18.3. The SMILES string of the molecule is CC(=O)n1c(/C=C2\N=C(c3ccc(C)c([N+](=O)[O-])c3)OC2=O)cc2ccccc21. The minimum atomic E-state index is -0.691. The molecule has 1 aliphatic heterocycles. The third-order valence-corrected chi connectivity index (χ3v) is 4.61. The summed E-state index contributed by atoms with van der Waals surface area (Å²) < 4.78 is 6.69. The van der Waals surface area contributed by atoms with Crippen LogP contribution in [0, 0.1) is 17.0 Å². The van der Waals surface area contributed by atoms with Crippen molar-refractivity contribution in [3.05, 3.63) is 81.2 Å². The highest BCUT2D eigenvalue weighted by molar-refractivity contribution is 6.13. The highest BCUT2D eigenvalue weighted by Gasteiger charge is 2.26. The summed E-state index contributed by atoms with van der Waals surface area (Å²) in [6.07, 6.45) is 1.47. The number of fused-ring (bicyclic) bond motifs is 1. The van der Waals surface area contributed by atoms with E-state index in [0.717, 1.165) is 10.9 Å². The molecule has 0 fully saturated rings. The van der Waals surface area contributed by atoms with E-state index in [1.54, 1.807) is 25.1 Å². The molecular formula is C21H15N3O5. The second-order valence-corrected chi connectivity index (χ2v) is 6.58. The first-order valence-corrected chi connectivity index (χ1v) is 8.74. The summed E-state index contributed by atoms with van der Waals surface area (Å²) >= 11 is 0. The maximum atomic E-state index is 12.3. The van der Waals surface area contributed by atoms with Crippen LogP contribution in [0.2, 0.25) is 0 Å². The molecule has 8 nitrogen and oxygen atoms in total. The molecule has 0 N–H and O–H groups in total. The lowest BCUT2D eigenvalue weighted by Gasteiger charge is -2.02. The number of carbonyl (C=O) groups is 2. The van der Waals surface area contributed by atoms with Crippen molar-refractivity contribution in [2.45, 2.75) is 13.8 Å². The number of aromatic nitrogens is 1. The van der Waals surface area contributed by atoms with E-state index in [2.05, 4.69) is 4.99 Å². The van der Waals surface area contributed by atoms with Gasteiger partial charge in [0.25, 0.3) is 5.69 Å². The summed E-state index contributed by atoms with van der Waals surface area (Å²) in [5, 5.41) is 12.0. The molecule has 29 heavy (non-hydrogen) atoms. The van der Waals surface area contributed by atoms with Gasteiger partial charge in [-0.1, -0.05) is 24.3 Å². The lowest BCUT2D eigenvalue weighted by atomic mass is 10.1. The first-order chi connectivity index (χ1) is 13.8. The minimum absolute atomic E-state index is 0.00790. The number of nitro benzene ring substituents is 1. The number of nitrogens with zero attached hydrogens (tertiary/aromatic N) is 3. The van der Waals surface area contributed by atoms with Crippen molar-refractivity contribution in [2.24, 2.45) is 4.99 Å². The third-order valence-electron chi connectivity index (χ3n) is 4.61. The molecule has 0 radical (unpaired) electrons. The number of ether oxygens (including phenoxy) is 1. The molecule has 8 heteroatoms. The van der Waals surface area contributed by atoms with Crippen LogP contribution in [-0.4, -0.2) is 27.3 Å². The summed E-state index contributed by atoms with van der Waals surface area (Å²) in [4.78, 5) is 39.3. The minimum Gasteiger partial charge on any atom is -0.402 e. The number of nitro groups is 1. The third kappa shape index (κ3) is 3.20. The molecule has 0 saturated heterocycles. The predicted octanol–water partition coefficient (Wildman–Crippen LogP) is 3.86. The van der Waals surface area contributed by atoms with Crippen molar-refractivity contribution >= 4 is 40.4 Å². The van der Waals surface area contributed by atoms with Crippen LogP contribution in [0.1, 0.15) is 28.5 Å². The number of hydrogen-bond acceptors (Lipinski definition) is 6. The van der Waals surface area contributed by atoms with Crippen LogP contribution in [0.3, 0.4) is 0 Å². The van der Waals surface area contributed by atoms with Gasteiger partial charge >= 0.3 is 5.97 Å². The lowest BCUT2D eigenvalue weighted by molar-refractivity contribution is -0.385. The van der Waals surface area contributed by atoms with E-state index in [-0.39, 0.29) is 23.2 Å². The van der Waals surface area contributed by atoms with Gasteiger partial charge in [-0.3, -0.25) is 19.5 Å². The van der Waals surface area contributed by atoms with Gasteiger partial charge in [0.2, 0.25) is 11.8 Å². The summed E-state index contributed by atoms with van der Waals surface area (Å²) in [5.41, 5.74) is 1.95. The number of aliphatic imine (C=N–C) groups is 1. The Balaban J connectivity index is 1.79. The maximum absolute atomic E-state index is 12.3. The Morgan fingerprint density at radius 3 is 2.69 bits per heavy atom. The van der Waals surface area contributed by atoms with Gasteiger partial charge in [-0.25, -0.2) is 9.79 Å². The molecule has 0 atom stereocenters. The van der Waals surface area contributed by atoms with Gasteiger partial charge in [0, 0.05) is 29.5 Å². The molecule has 1 aromatic heterocycles. The topological polar surface area (TPSA) is 104 Å². The average molecular weight is 389 g/mol. The molecule has 4 rings (SSSR count). The van der Waals surface area contributed by atoms with E-state index in [9.17, 15) is 19.7 Å². The van der Waals surface area contributed by atoms with Crippen LogP contribution in [0.15, 0.2) is 59.2 Å². The molecular weight excluding hydrogens is 374 g/mol. The Kier molecular flexibility index (Phi) is 4.31. The van der Waals surface area contributed by atoms with Crippen LogP contribution in [-0.2, 0) is 9.53 Å². The van der Waals surface area contributed by atoms with Gasteiger partial charge in [0.1, 0.15) is 0 Å². The standard InChI is InChI=1S/C21H15N3O5/c1-12-7-8-15(10-19(12)24(27)28)20-22-17(21(26)29-20)11-16-9-14-5-3-4-6-18(14)23(16)13(2)25/h3-11H,1-2H3/b17-11-. The highest BCUT2D eigenvalue weighted by atomic mass is 16.6. The Labute approximate surface area is 164 Å². The van der Waals surface area contributed by atoms with Crippen LogP contribution in [0.5, 0.6) is 0 Å². The number of cyclic esters (lactones) is 1. The molecule has 0 aliphatic carbocycles. The summed E-state index contributed by atoms with van der Waals surface area (Å²) in [7, 11) is 0. The zero-order valence-electron chi connectivity index (χ0n) is 15.6. The fourth-order valence-electron chi connectivity index (χ4n) is 3.25. The number of carbonyl (C=O) groups excluding carboxylic acids is 2. The van der Waals surface area contributed by atoms with Crippen molar-refractivity contribution in [2.75, 3.05) is 0 Å². The molecule has 2 aromatic carbocycles. The highest BCUT2D eigenvalue weighted by Crippen LogP contribution is 2.26. The summed E-state index contributed by atoms with van der Waals surface area (Å²) in [6.45, 7) is 3.05. The Morgan fingerprint density at radius 2 is 1.97 bits per heavy atom. The molecule has 3 aromatic rings. The smallest absolute Gasteiger partial charge is 0.363 e. The van der Waals surface area contributed by atoms with Gasteiger partial charge in [0.15, 0.2) is 5.70 Å². The molecule has 1 aliphatic rings. The second kappa shape index (κ2) is 6.83. The zero-order chi connectivity index (χ0) is 20.7. The van der Waals surface area contributed by atoms with Crippen molar-refractivity contribution in [1.29, 1.82) is 0 Å². The fourth-order valence-corrected chi connectivity index (χ4v) is 3.25.